The number of anilines is 2. The number of nitrogens with two attached hydrogens (primary N) is 2. The minimum absolute atomic E-state index is 0.00490. The third-order valence-corrected chi connectivity index (χ3v) is 3.38. The van der Waals surface area contributed by atoms with Crippen LogP contribution in [0.1, 0.15) is 10.4 Å². The summed E-state index contributed by atoms with van der Waals surface area (Å²) in [6.07, 6.45) is 0. The second kappa shape index (κ2) is 5.83. The Bertz CT molecular complexity index is 763. The van der Waals surface area contributed by atoms with Gasteiger partial charge in [0, 0.05) is 11.8 Å². The quantitative estimate of drug-likeness (QED) is 0.439. The Kier molecular flexibility index (Phi) is 4.13. The molecule has 0 aliphatic heterocycles. The van der Waals surface area contributed by atoms with Crippen molar-refractivity contribution < 1.29 is 13.9 Å². The number of nitrogens with zero attached hydrogens (tertiary/aromatic N) is 1. The van der Waals surface area contributed by atoms with E-state index in [1.165, 1.54) is 13.2 Å². The van der Waals surface area contributed by atoms with Crippen molar-refractivity contribution in [2.75, 3.05) is 18.6 Å². The third kappa shape index (κ3) is 3.31. The van der Waals surface area contributed by atoms with Gasteiger partial charge in [-0.2, -0.15) is 0 Å². The summed E-state index contributed by atoms with van der Waals surface area (Å²) >= 11 is 0.808. The average Bonchev–Trinajstić information content (AvgIpc) is 2.40. The highest BCUT2D eigenvalue weighted by molar-refractivity contribution is 7.99. The Labute approximate surface area is 122 Å². The van der Waals surface area contributed by atoms with Crippen molar-refractivity contribution in [3.63, 3.8) is 0 Å². The van der Waals surface area contributed by atoms with Crippen LogP contribution in [0.15, 0.2) is 33.0 Å². The zero-order valence-corrected chi connectivity index (χ0v) is 11.7. The molecule has 0 fully saturated rings. The number of nitrogens with one attached hydrogen (secondary N) is 1. The van der Waals surface area contributed by atoms with Crippen molar-refractivity contribution in [2.45, 2.75) is 10.1 Å². The number of hydrogen-bond acceptors (Lipinski definition) is 7. The van der Waals surface area contributed by atoms with Gasteiger partial charge in [-0.25, -0.2) is 14.2 Å². The van der Waals surface area contributed by atoms with E-state index >= 15 is 0 Å². The molecule has 0 atom stereocenters. The molecule has 21 heavy (non-hydrogen) atoms. The fourth-order valence-corrected chi connectivity index (χ4v) is 2.38. The zero-order chi connectivity index (χ0) is 15.6. The normalized spacial score (nSPS) is 10.4. The van der Waals surface area contributed by atoms with E-state index in [0.29, 0.717) is 0 Å². The van der Waals surface area contributed by atoms with Crippen LogP contribution < -0.4 is 17.0 Å². The summed E-state index contributed by atoms with van der Waals surface area (Å²) in [7, 11) is 1.19. The van der Waals surface area contributed by atoms with E-state index in [1.807, 2.05) is 0 Å². The monoisotopic (exact) mass is 310 g/mol. The summed E-state index contributed by atoms with van der Waals surface area (Å²) in [6.45, 7) is 0. The number of aromatic amines is 1. The molecule has 1 heterocycles. The van der Waals surface area contributed by atoms with Crippen LogP contribution in [0.2, 0.25) is 0 Å². The van der Waals surface area contributed by atoms with Crippen LogP contribution in [-0.4, -0.2) is 23.0 Å². The first kappa shape index (κ1) is 14.9. The average molecular weight is 310 g/mol. The van der Waals surface area contributed by atoms with Gasteiger partial charge in [0.15, 0.2) is 5.16 Å². The summed E-state index contributed by atoms with van der Waals surface area (Å²) in [5.74, 6) is -1.34. The van der Waals surface area contributed by atoms with E-state index in [4.69, 9.17) is 11.5 Å². The number of halogens is 1. The molecule has 0 spiro atoms. The van der Waals surface area contributed by atoms with E-state index in [0.717, 1.165) is 23.9 Å². The highest BCUT2D eigenvalue weighted by Gasteiger charge is 2.16. The van der Waals surface area contributed by atoms with Crippen molar-refractivity contribution in [3.8, 4) is 0 Å². The van der Waals surface area contributed by atoms with Gasteiger partial charge >= 0.3 is 5.97 Å². The molecule has 0 radical (unpaired) electrons. The van der Waals surface area contributed by atoms with Crippen LogP contribution in [0.4, 0.5) is 15.9 Å². The van der Waals surface area contributed by atoms with E-state index in [1.54, 1.807) is 0 Å². The van der Waals surface area contributed by atoms with E-state index in [2.05, 4.69) is 14.7 Å². The first-order valence-electron chi connectivity index (χ1n) is 5.62. The second-order valence-corrected chi connectivity index (χ2v) is 4.97. The number of aromatic nitrogens is 2. The maximum absolute atomic E-state index is 13.9. The molecule has 1 aromatic carbocycles. The Balaban J connectivity index is 2.44. The minimum atomic E-state index is -0.691. The van der Waals surface area contributed by atoms with Gasteiger partial charge in [0.05, 0.1) is 17.6 Å². The summed E-state index contributed by atoms with van der Waals surface area (Å²) in [4.78, 5) is 29.1. The zero-order valence-electron chi connectivity index (χ0n) is 10.8. The number of carbonyl (C=O) groups is 1. The lowest BCUT2D eigenvalue weighted by Crippen LogP contribution is -2.10. The number of rotatable bonds is 3. The molecule has 0 saturated carbocycles. The minimum Gasteiger partial charge on any atom is -0.465 e. The van der Waals surface area contributed by atoms with Gasteiger partial charge in [0.2, 0.25) is 0 Å². The molecule has 9 heteroatoms. The molecule has 2 aromatic rings. The van der Waals surface area contributed by atoms with Crippen molar-refractivity contribution in [1.82, 2.24) is 9.97 Å². The molecular formula is C12H11FN4O3S. The van der Waals surface area contributed by atoms with Gasteiger partial charge in [-0.1, -0.05) is 0 Å². The van der Waals surface area contributed by atoms with Gasteiger partial charge in [0.25, 0.3) is 5.56 Å². The summed E-state index contributed by atoms with van der Waals surface area (Å²) < 4.78 is 18.4. The van der Waals surface area contributed by atoms with E-state index < -0.39 is 17.3 Å². The Hall–Kier alpha value is -2.55. The lowest BCUT2D eigenvalue weighted by molar-refractivity contribution is 0.0601. The SMILES string of the molecule is COC(=O)c1cc(Sc2nc(N)cc(=O)[nH]2)c(F)cc1N. The van der Waals surface area contributed by atoms with Crippen LogP contribution in [0.5, 0.6) is 0 Å². The number of hydrogen-bond donors (Lipinski definition) is 3. The largest absolute Gasteiger partial charge is 0.465 e. The molecule has 0 bridgehead atoms. The van der Waals surface area contributed by atoms with Crippen molar-refractivity contribution in [2.24, 2.45) is 0 Å². The molecule has 0 aliphatic rings. The van der Waals surface area contributed by atoms with Gasteiger partial charge < -0.3 is 21.2 Å². The molecule has 5 N–H and O–H groups in total. The number of nitrogen functional groups attached to an aromatic ring is 2. The standard InChI is InChI=1S/C12H11FN4O3S/c1-20-11(19)5-2-8(6(13)3-7(5)14)21-12-16-9(15)4-10(18)17-12/h2-4H,14H2,1H3,(H3,15,16,17,18). The van der Waals surface area contributed by atoms with Crippen LogP contribution in [-0.2, 0) is 4.74 Å². The second-order valence-electron chi connectivity index (χ2n) is 3.94. The van der Waals surface area contributed by atoms with Crippen molar-refractivity contribution >= 4 is 29.2 Å². The van der Waals surface area contributed by atoms with Crippen LogP contribution >= 0.6 is 11.8 Å². The molecule has 1 aromatic heterocycles. The Morgan fingerprint density at radius 3 is 2.71 bits per heavy atom. The fraction of sp³-hybridized carbons (Fsp3) is 0.0833. The molecule has 0 saturated heterocycles. The summed E-state index contributed by atoms with van der Waals surface area (Å²) in [5.41, 5.74) is 10.5. The third-order valence-electron chi connectivity index (χ3n) is 2.46. The topological polar surface area (TPSA) is 124 Å². The van der Waals surface area contributed by atoms with Gasteiger partial charge in [-0.15, -0.1) is 0 Å². The van der Waals surface area contributed by atoms with E-state index in [9.17, 15) is 14.0 Å². The molecule has 2 rings (SSSR count). The molecule has 0 aliphatic carbocycles. The number of ether oxygens (including phenoxy) is 1. The predicted octanol–water partition coefficient (Wildman–Crippen LogP) is 1.01. The van der Waals surface area contributed by atoms with Crippen LogP contribution in [0.25, 0.3) is 0 Å². The number of methoxy groups -OCH3 is 1. The maximum atomic E-state index is 13.9. The molecule has 0 unspecified atom stereocenters. The Morgan fingerprint density at radius 1 is 1.38 bits per heavy atom. The fourth-order valence-electron chi connectivity index (χ4n) is 1.54. The molecule has 110 valence electrons. The van der Waals surface area contributed by atoms with Gasteiger partial charge in [-0.3, -0.25) is 4.79 Å². The Morgan fingerprint density at radius 2 is 2.10 bits per heavy atom. The lowest BCUT2D eigenvalue weighted by atomic mass is 10.2. The maximum Gasteiger partial charge on any atom is 0.339 e. The smallest absolute Gasteiger partial charge is 0.339 e. The highest BCUT2D eigenvalue weighted by atomic mass is 32.2. The number of benzene rings is 1. The predicted molar refractivity (Wildman–Crippen MR) is 75.5 cm³/mol. The molecular weight excluding hydrogens is 299 g/mol. The molecule has 0 amide bonds. The van der Waals surface area contributed by atoms with Crippen molar-refractivity contribution in [1.29, 1.82) is 0 Å². The number of H-pyrrole nitrogens is 1. The summed E-state index contributed by atoms with van der Waals surface area (Å²) in [6, 6.07) is 3.33. The van der Waals surface area contributed by atoms with Crippen LogP contribution in [0, 0.1) is 5.82 Å². The van der Waals surface area contributed by atoms with E-state index in [-0.39, 0.29) is 27.1 Å². The van der Waals surface area contributed by atoms with Crippen molar-refractivity contribution in [3.05, 3.63) is 39.9 Å². The molecule has 7 nitrogen and oxygen atoms in total. The summed E-state index contributed by atoms with van der Waals surface area (Å²) in [5, 5.41) is 0.0967. The van der Waals surface area contributed by atoms with Crippen LogP contribution in [0.3, 0.4) is 0 Å². The first-order valence-corrected chi connectivity index (χ1v) is 6.44. The van der Waals surface area contributed by atoms with Gasteiger partial charge in [-0.05, 0) is 23.9 Å². The number of esters is 1. The first-order chi connectivity index (χ1) is 9.90. The highest BCUT2D eigenvalue weighted by Crippen LogP contribution is 2.30. The lowest BCUT2D eigenvalue weighted by Gasteiger charge is -2.08. The number of carbonyl (C=O) groups excluding carboxylic acids is 1. The van der Waals surface area contributed by atoms with Gasteiger partial charge in [0.1, 0.15) is 11.6 Å².